The Kier molecular flexibility index (Phi) is 19.7. The second-order valence-electron chi connectivity index (χ2n) is 9.96. The molecule has 0 aliphatic carbocycles. The third kappa shape index (κ3) is 16.1. The van der Waals surface area contributed by atoms with Crippen LogP contribution in [0, 0.1) is 5.92 Å². The summed E-state index contributed by atoms with van der Waals surface area (Å²) in [5, 5.41) is 6.42. The number of Topliss-reactive ketones (excluding diaryl/α,β-unsaturated/α-hetero) is 1. The molecule has 2 amide bonds. The molecule has 1 fully saturated rings. The first-order valence-corrected chi connectivity index (χ1v) is 14.7. The van der Waals surface area contributed by atoms with Gasteiger partial charge in [0.15, 0.2) is 0 Å². The molecule has 0 saturated carbocycles. The lowest BCUT2D eigenvalue weighted by molar-refractivity contribution is -0.120. The molecule has 0 bridgehead atoms. The van der Waals surface area contributed by atoms with E-state index >= 15 is 0 Å². The molecule has 39 heavy (non-hydrogen) atoms. The maximum Gasteiger partial charge on any atom is 0.267 e. The van der Waals surface area contributed by atoms with Crippen LogP contribution in [0.4, 0.5) is 0 Å². The van der Waals surface area contributed by atoms with Crippen molar-refractivity contribution in [2.45, 2.75) is 112 Å². The van der Waals surface area contributed by atoms with Crippen LogP contribution in [0.15, 0.2) is 40.5 Å². The number of hydrogen-bond donors (Lipinski definition) is 3. The second-order valence-corrected chi connectivity index (χ2v) is 10.4. The average molecular weight is 563 g/mol. The maximum atomic E-state index is 12.5. The van der Waals surface area contributed by atoms with Crippen molar-refractivity contribution in [3.05, 3.63) is 46.1 Å². The van der Waals surface area contributed by atoms with Crippen LogP contribution in [-0.4, -0.2) is 35.9 Å². The number of amides is 2. The van der Waals surface area contributed by atoms with E-state index < -0.39 is 0 Å². The minimum Gasteiger partial charge on any atom is -0.394 e. The quantitative estimate of drug-likeness (QED) is 0.153. The first-order valence-electron chi connectivity index (χ1n) is 14.3. The van der Waals surface area contributed by atoms with Crippen LogP contribution < -0.4 is 16.4 Å². The summed E-state index contributed by atoms with van der Waals surface area (Å²) in [6, 6.07) is 7.86. The van der Waals surface area contributed by atoms with Crippen molar-refractivity contribution in [2.75, 3.05) is 6.54 Å². The van der Waals surface area contributed by atoms with Gasteiger partial charge in [0, 0.05) is 47.8 Å². The number of allylic oxidation sites excluding steroid dienone is 1. The van der Waals surface area contributed by atoms with Crippen LogP contribution in [0.2, 0.25) is 5.02 Å². The van der Waals surface area contributed by atoms with Crippen molar-refractivity contribution < 1.29 is 14.4 Å². The van der Waals surface area contributed by atoms with Crippen LogP contribution in [0.5, 0.6) is 0 Å². The molecule has 8 heteroatoms. The third-order valence-electron chi connectivity index (χ3n) is 6.32. The van der Waals surface area contributed by atoms with Gasteiger partial charge in [-0.25, -0.2) is 0 Å². The summed E-state index contributed by atoms with van der Waals surface area (Å²) in [6.07, 6.45) is 7.46. The van der Waals surface area contributed by atoms with E-state index in [9.17, 15) is 14.4 Å². The fourth-order valence-electron chi connectivity index (χ4n) is 3.48. The Balaban J connectivity index is 0.000000834. The van der Waals surface area contributed by atoms with E-state index in [0.29, 0.717) is 17.6 Å². The van der Waals surface area contributed by atoms with E-state index in [-0.39, 0.29) is 29.2 Å². The fourth-order valence-corrected chi connectivity index (χ4v) is 3.60. The maximum absolute atomic E-state index is 12.5. The van der Waals surface area contributed by atoms with Crippen molar-refractivity contribution in [1.82, 2.24) is 10.6 Å². The van der Waals surface area contributed by atoms with Crippen LogP contribution in [0.1, 0.15) is 105 Å². The van der Waals surface area contributed by atoms with Crippen molar-refractivity contribution in [1.29, 1.82) is 0 Å². The third-order valence-corrected chi connectivity index (χ3v) is 6.58. The van der Waals surface area contributed by atoms with Gasteiger partial charge in [-0.2, -0.15) is 0 Å². The van der Waals surface area contributed by atoms with Crippen molar-refractivity contribution in [3.8, 4) is 0 Å². The highest BCUT2D eigenvalue weighted by Gasteiger charge is 2.18. The van der Waals surface area contributed by atoms with Gasteiger partial charge in [0.1, 0.15) is 11.5 Å². The monoisotopic (exact) mass is 562 g/mol. The van der Waals surface area contributed by atoms with Gasteiger partial charge >= 0.3 is 0 Å². The van der Waals surface area contributed by atoms with Gasteiger partial charge in [-0.05, 0) is 56.7 Å². The smallest absolute Gasteiger partial charge is 0.267 e. The molecule has 1 atom stereocenters. The molecule has 1 aromatic rings. The van der Waals surface area contributed by atoms with Gasteiger partial charge in [-0.15, -0.1) is 0 Å². The van der Waals surface area contributed by atoms with E-state index in [1.54, 1.807) is 19.1 Å². The van der Waals surface area contributed by atoms with Crippen LogP contribution in [-0.2, 0) is 20.9 Å². The summed E-state index contributed by atoms with van der Waals surface area (Å²) >= 11 is 5.88. The molecule has 0 radical (unpaired) electrons. The highest BCUT2D eigenvalue weighted by molar-refractivity contribution is 6.30. The molecule has 1 aliphatic rings. The molecule has 7 nitrogen and oxygen atoms in total. The molecule has 0 aromatic heterocycles. The summed E-state index contributed by atoms with van der Waals surface area (Å²) in [4.78, 5) is 37.8. The number of nitrogens with zero attached hydrogens (tertiary/aromatic N) is 1. The van der Waals surface area contributed by atoms with Gasteiger partial charge in [0.2, 0.25) is 5.91 Å². The minimum atomic E-state index is -0.241. The number of unbranched alkanes of at least 4 members (excludes halogenated alkanes) is 1. The molecular weight excluding hydrogens is 512 g/mol. The first-order chi connectivity index (χ1) is 18.5. The van der Waals surface area contributed by atoms with E-state index in [1.165, 1.54) is 0 Å². The largest absolute Gasteiger partial charge is 0.394 e. The number of carbonyl (C=O) groups is 3. The van der Waals surface area contributed by atoms with E-state index in [0.717, 1.165) is 74.8 Å². The standard InChI is InChI=1S/C20H30ClN3O.C6H11NO.C5H10O/c1-4-7-13-23-18(6-3)17(8-5-2)19(22)20(25)24-14-15-9-11-16(21)12-10-15;1-2-5-3-4-6(8)7-5;1-4(2)5(3)6/h9-12H,4-8,13-14,22H2,1-3H3,(H,24,25);5H,2-4H2,1H3,(H,7,8);4H,1-3H3/b19-17-,23-18?;;. The Labute approximate surface area is 241 Å². The Hall–Kier alpha value is -2.67. The van der Waals surface area contributed by atoms with Crippen LogP contribution in [0.25, 0.3) is 0 Å². The van der Waals surface area contributed by atoms with Gasteiger partial charge in [0.25, 0.3) is 5.91 Å². The number of ketones is 1. The lowest BCUT2D eigenvalue weighted by Gasteiger charge is -2.14. The minimum absolute atomic E-state index is 0.213. The molecule has 2 rings (SSSR count). The zero-order valence-electron chi connectivity index (χ0n) is 25.2. The predicted octanol–water partition coefficient (Wildman–Crippen LogP) is 6.53. The van der Waals surface area contributed by atoms with E-state index in [1.807, 2.05) is 26.0 Å². The predicted molar refractivity (Wildman–Crippen MR) is 164 cm³/mol. The number of benzene rings is 1. The molecule has 220 valence electrons. The fraction of sp³-hybridized carbons (Fsp3) is 0.613. The molecule has 1 heterocycles. The molecular formula is C31H51ClN4O3. The lowest BCUT2D eigenvalue weighted by atomic mass is 10.00. The summed E-state index contributed by atoms with van der Waals surface area (Å²) in [6.45, 7) is 15.0. The highest BCUT2D eigenvalue weighted by Crippen LogP contribution is 2.15. The van der Waals surface area contributed by atoms with Gasteiger partial charge in [0.05, 0.1) is 0 Å². The highest BCUT2D eigenvalue weighted by atomic mass is 35.5. The van der Waals surface area contributed by atoms with Crippen molar-refractivity contribution in [2.24, 2.45) is 16.6 Å². The number of halogens is 1. The molecule has 0 spiro atoms. The summed E-state index contributed by atoms with van der Waals surface area (Å²) in [5.74, 6) is 0.451. The zero-order valence-corrected chi connectivity index (χ0v) is 25.9. The first kappa shape index (κ1) is 36.3. The van der Waals surface area contributed by atoms with Crippen LogP contribution in [0.3, 0.4) is 0 Å². The van der Waals surface area contributed by atoms with E-state index in [4.69, 9.17) is 17.3 Å². The van der Waals surface area contributed by atoms with Crippen LogP contribution >= 0.6 is 11.6 Å². The normalized spacial score (nSPS) is 15.4. The van der Waals surface area contributed by atoms with Gasteiger partial charge in [-0.1, -0.05) is 78.1 Å². The average Bonchev–Trinajstić information content (AvgIpc) is 3.35. The Morgan fingerprint density at radius 3 is 2.15 bits per heavy atom. The summed E-state index contributed by atoms with van der Waals surface area (Å²) in [7, 11) is 0. The van der Waals surface area contributed by atoms with Gasteiger partial charge in [-0.3, -0.25) is 19.4 Å². The van der Waals surface area contributed by atoms with E-state index in [2.05, 4.69) is 43.3 Å². The summed E-state index contributed by atoms with van der Waals surface area (Å²) < 4.78 is 0. The number of rotatable bonds is 12. The molecule has 1 unspecified atom stereocenters. The lowest BCUT2D eigenvalue weighted by Crippen LogP contribution is -2.30. The SMILES string of the molecule is CC(=O)C(C)C.CCC1CCC(=O)N1.CCCCN=C(CC)/C(CCC)=C(\N)C(=O)NCc1ccc(Cl)cc1. The summed E-state index contributed by atoms with van der Waals surface area (Å²) in [5.41, 5.74) is 9.29. The van der Waals surface area contributed by atoms with Gasteiger partial charge < -0.3 is 16.4 Å². The number of carbonyl (C=O) groups excluding carboxylic acids is 3. The molecule has 1 aromatic carbocycles. The molecule has 1 aliphatic heterocycles. The zero-order chi connectivity index (χ0) is 29.8. The number of nitrogens with two attached hydrogens (primary N) is 1. The molecule has 4 N–H and O–H groups in total. The number of aliphatic imine (C=N–C) groups is 1. The molecule has 1 saturated heterocycles. The number of hydrogen-bond acceptors (Lipinski definition) is 5. The Morgan fingerprint density at radius 1 is 1.13 bits per heavy atom. The Morgan fingerprint density at radius 2 is 1.74 bits per heavy atom. The van der Waals surface area contributed by atoms with Crippen molar-refractivity contribution >= 4 is 34.9 Å². The second kappa shape index (κ2) is 21.2. The topological polar surface area (TPSA) is 114 Å². The number of nitrogens with one attached hydrogen (secondary N) is 2. The Bertz CT molecular complexity index is 940. The van der Waals surface area contributed by atoms with Crippen molar-refractivity contribution in [3.63, 3.8) is 0 Å².